The highest BCUT2D eigenvalue weighted by Gasteiger charge is 2.45. The molecule has 2 saturated heterocycles. The van der Waals surface area contributed by atoms with Gasteiger partial charge in [0.15, 0.2) is 17.0 Å². The number of ether oxygens (including phenoxy) is 4. The Labute approximate surface area is 354 Å². The van der Waals surface area contributed by atoms with Gasteiger partial charge in [0.1, 0.15) is 42.5 Å². The Morgan fingerprint density at radius 1 is 0.933 bits per heavy atom. The van der Waals surface area contributed by atoms with Gasteiger partial charge in [0, 0.05) is 31.6 Å². The lowest BCUT2D eigenvalue weighted by Gasteiger charge is -2.38. The van der Waals surface area contributed by atoms with Gasteiger partial charge in [-0.25, -0.2) is 31.2 Å². The lowest BCUT2D eigenvalue weighted by atomic mass is 9.80. The number of rotatable bonds is 17. The Morgan fingerprint density at radius 3 is 2.20 bits per heavy atom. The topological polar surface area (TPSA) is 122 Å². The minimum Gasteiger partial charge on any atom is -0.497 e. The van der Waals surface area contributed by atoms with Crippen LogP contribution in [0.3, 0.4) is 0 Å². The Balaban J connectivity index is 1.27. The van der Waals surface area contributed by atoms with Crippen molar-refractivity contribution in [2.24, 2.45) is 4.99 Å². The number of aromatic nitrogens is 4. The zero-order chi connectivity index (χ0) is 42.1. The van der Waals surface area contributed by atoms with E-state index in [-0.39, 0.29) is 31.8 Å². The molecule has 0 radical (unpaired) electrons. The van der Waals surface area contributed by atoms with Crippen LogP contribution in [-0.2, 0) is 28.9 Å². The molecule has 14 nitrogen and oxygen atoms in total. The summed E-state index contributed by atoms with van der Waals surface area (Å²) in [5.74, 6) is 2.08. The summed E-state index contributed by atoms with van der Waals surface area (Å²) in [5.41, 5.74) is 3.00. The van der Waals surface area contributed by atoms with E-state index >= 15 is 0 Å². The van der Waals surface area contributed by atoms with Crippen molar-refractivity contribution in [3.8, 4) is 5.75 Å². The van der Waals surface area contributed by atoms with E-state index in [0.717, 1.165) is 41.4 Å². The molecular formula is C45H55N8O6P. The number of benzene rings is 3. The van der Waals surface area contributed by atoms with Gasteiger partial charge >= 0.3 is 0 Å². The predicted molar refractivity (Wildman–Crippen MR) is 232 cm³/mol. The molecule has 7 rings (SSSR count). The third-order valence-corrected chi connectivity index (χ3v) is 12.9. The van der Waals surface area contributed by atoms with Crippen LogP contribution in [0.15, 0.2) is 103 Å². The van der Waals surface area contributed by atoms with Crippen LogP contribution in [0.5, 0.6) is 5.75 Å². The quantitative estimate of drug-likeness (QED) is 0.0225. The Kier molecular flexibility index (Phi) is 14.5. The van der Waals surface area contributed by atoms with Crippen LogP contribution >= 0.6 is 8.53 Å². The van der Waals surface area contributed by atoms with Gasteiger partial charge in [0.25, 0.3) is 8.53 Å². The number of hydrogen-bond donors (Lipinski definition) is 0. The molecule has 5 aromatic rings. The van der Waals surface area contributed by atoms with Crippen LogP contribution in [0, 0.1) is 6.57 Å². The number of amidine groups is 1. The largest absolute Gasteiger partial charge is 0.497 e. The minimum absolute atomic E-state index is 0.116. The molecule has 60 heavy (non-hydrogen) atoms. The van der Waals surface area contributed by atoms with E-state index in [0.29, 0.717) is 36.6 Å². The van der Waals surface area contributed by atoms with Crippen LogP contribution in [0.2, 0.25) is 0 Å². The molecule has 2 aliphatic heterocycles. The number of imidazole rings is 1. The van der Waals surface area contributed by atoms with Gasteiger partial charge in [0.2, 0.25) is 6.54 Å². The van der Waals surface area contributed by atoms with Crippen molar-refractivity contribution in [2.45, 2.75) is 77.2 Å². The van der Waals surface area contributed by atoms with Gasteiger partial charge in [-0.1, -0.05) is 72.8 Å². The third-order valence-electron chi connectivity index (χ3n) is 10.8. The van der Waals surface area contributed by atoms with E-state index < -0.39 is 32.6 Å². The molecule has 15 heteroatoms. The summed E-state index contributed by atoms with van der Waals surface area (Å²) in [5, 5.41) is 0. The first-order valence-electron chi connectivity index (χ1n) is 20.5. The fraction of sp³-hybridized carbons (Fsp3) is 0.444. The summed E-state index contributed by atoms with van der Waals surface area (Å²) >= 11 is 0. The average Bonchev–Trinajstić information content (AvgIpc) is 3.89. The van der Waals surface area contributed by atoms with E-state index in [2.05, 4.69) is 88.5 Å². The smallest absolute Gasteiger partial charge is 0.259 e. The second kappa shape index (κ2) is 20.1. The summed E-state index contributed by atoms with van der Waals surface area (Å²) < 4.78 is 43.2. The van der Waals surface area contributed by atoms with E-state index in [9.17, 15) is 0 Å². The number of fused-ring (bicyclic) bond motifs is 1. The maximum absolute atomic E-state index is 7.42. The molecule has 0 N–H and O–H groups in total. The predicted octanol–water partition coefficient (Wildman–Crippen LogP) is 8.18. The van der Waals surface area contributed by atoms with Crippen molar-refractivity contribution in [1.82, 2.24) is 29.1 Å². The minimum atomic E-state index is -1.60. The SMILES string of the molecule is [C-]#[N+]CCOP(OC1C[C@H](n2cnc3c(/N=C(/C)N4CCOCC4)ncnc32)O[C@@H]1COC(c1ccccc1)(c1ccccc1)c1ccc(OC)cc1)N(C(C)C)C(C)C. The Hall–Kier alpha value is -4.84. The maximum Gasteiger partial charge on any atom is 0.259 e. The Morgan fingerprint density at radius 2 is 1.58 bits per heavy atom. The molecule has 0 saturated carbocycles. The summed E-state index contributed by atoms with van der Waals surface area (Å²) in [6.45, 7) is 21.4. The first-order valence-corrected chi connectivity index (χ1v) is 21.7. The van der Waals surface area contributed by atoms with E-state index in [1.807, 2.05) is 60.0 Å². The van der Waals surface area contributed by atoms with Crippen molar-refractivity contribution in [3.05, 3.63) is 126 Å². The van der Waals surface area contributed by atoms with Crippen molar-refractivity contribution >= 4 is 31.3 Å². The molecule has 2 fully saturated rings. The van der Waals surface area contributed by atoms with E-state index in [1.54, 1.807) is 13.4 Å². The lowest BCUT2D eigenvalue weighted by molar-refractivity contribution is -0.0911. The molecule has 0 amide bonds. The van der Waals surface area contributed by atoms with Crippen LogP contribution < -0.4 is 4.74 Å². The fourth-order valence-electron chi connectivity index (χ4n) is 7.91. The van der Waals surface area contributed by atoms with Crippen LogP contribution in [-0.4, -0.2) is 112 Å². The van der Waals surface area contributed by atoms with Crippen LogP contribution in [0.1, 0.15) is 64.0 Å². The van der Waals surface area contributed by atoms with Gasteiger partial charge in [-0.15, -0.1) is 0 Å². The molecule has 4 heterocycles. The summed E-state index contributed by atoms with van der Waals surface area (Å²) in [6, 6.07) is 28.8. The molecule has 2 aliphatic rings. The van der Waals surface area contributed by atoms with Crippen molar-refractivity contribution in [2.75, 3.05) is 53.2 Å². The average molecular weight is 835 g/mol. The number of morpholine rings is 1. The van der Waals surface area contributed by atoms with Crippen molar-refractivity contribution < 1.29 is 28.0 Å². The molecule has 3 aromatic carbocycles. The second-order valence-electron chi connectivity index (χ2n) is 15.3. The Bertz CT molecular complexity index is 2150. The molecule has 2 aromatic heterocycles. The van der Waals surface area contributed by atoms with Gasteiger partial charge in [-0.05, 0) is 63.4 Å². The molecule has 2 unspecified atom stereocenters. The normalized spacial score (nSPS) is 19.4. The molecule has 4 atom stereocenters. The molecular weight excluding hydrogens is 780 g/mol. The first-order chi connectivity index (χ1) is 29.2. The van der Waals surface area contributed by atoms with Gasteiger partial charge < -0.3 is 37.7 Å². The number of hydrogen-bond acceptors (Lipinski definition) is 11. The fourth-order valence-corrected chi connectivity index (χ4v) is 9.66. The van der Waals surface area contributed by atoms with Crippen molar-refractivity contribution in [3.63, 3.8) is 0 Å². The monoisotopic (exact) mass is 834 g/mol. The van der Waals surface area contributed by atoms with Gasteiger partial charge in [-0.3, -0.25) is 4.57 Å². The van der Waals surface area contributed by atoms with Crippen molar-refractivity contribution in [1.29, 1.82) is 0 Å². The summed E-state index contributed by atoms with van der Waals surface area (Å²) in [4.78, 5) is 24.6. The first kappa shape index (κ1) is 43.3. The number of methoxy groups -OCH3 is 1. The number of aliphatic imine (C=N–C) groups is 1. The zero-order valence-electron chi connectivity index (χ0n) is 35.3. The summed E-state index contributed by atoms with van der Waals surface area (Å²) in [7, 11) is 0.0615. The highest BCUT2D eigenvalue weighted by molar-refractivity contribution is 7.44. The van der Waals surface area contributed by atoms with Crippen LogP contribution in [0.25, 0.3) is 16.0 Å². The summed E-state index contributed by atoms with van der Waals surface area (Å²) in [6.07, 6.45) is 2.16. The zero-order valence-corrected chi connectivity index (χ0v) is 36.2. The van der Waals surface area contributed by atoms with E-state index in [4.69, 9.17) is 44.5 Å². The van der Waals surface area contributed by atoms with E-state index in [1.165, 1.54) is 6.33 Å². The lowest BCUT2D eigenvalue weighted by Crippen LogP contribution is -2.39. The molecule has 0 spiro atoms. The highest BCUT2D eigenvalue weighted by Crippen LogP contribution is 2.51. The molecule has 0 aliphatic carbocycles. The van der Waals surface area contributed by atoms with Gasteiger partial charge in [-0.2, -0.15) is 0 Å². The maximum atomic E-state index is 7.42. The molecule has 316 valence electrons. The number of nitrogens with zero attached hydrogens (tertiary/aromatic N) is 8. The third kappa shape index (κ3) is 9.54. The highest BCUT2D eigenvalue weighted by atomic mass is 31.2. The molecule has 0 bridgehead atoms. The second-order valence-corrected chi connectivity index (χ2v) is 16.7. The standard InChI is InChI=1S/C45H55N8O6P/c1-32(2)53(33(3)4)60(57-25-22-46-6)59-39-28-41(52-31-49-42-43(47-30-48-44(42)52)50-34(5)51-23-26-55-27-24-51)58-40(39)29-56-45(35-14-10-8-11-15-35,36-16-12-9-13-17-36)37-18-20-38(54-7)21-19-37/h8-21,30-33,39-41H,22-29H2,1-5,7H3/b50-34-/t39?,40-,41-,60?/m1/s1. The van der Waals surface area contributed by atoms with Crippen LogP contribution in [0.4, 0.5) is 5.82 Å². The van der Waals surface area contributed by atoms with Gasteiger partial charge in [0.05, 0.1) is 39.4 Å².